The van der Waals surface area contributed by atoms with Crippen LogP contribution in [0.25, 0.3) is 0 Å². The Labute approximate surface area is 156 Å². The fourth-order valence-corrected chi connectivity index (χ4v) is 3.78. The molecule has 1 atom stereocenters. The third-order valence-electron chi connectivity index (χ3n) is 4.18. The summed E-state index contributed by atoms with van der Waals surface area (Å²) in [4.78, 5) is 15.9. The second-order valence-corrected chi connectivity index (χ2v) is 6.98. The van der Waals surface area contributed by atoms with Crippen molar-refractivity contribution in [2.24, 2.45) is 0 Å². The summed E-state index contributed by atoms with van der Waals surface area (Å²) in [5, 5.41) is 8.82. The highest BCUT2D eigenvalue weighted by molar-refractivity contribution is 7.80. The number of carbonyl (C=O) groups is 1. The first-order valence-corrected chi connectivity index (χ1v) is 9.04. The molecule has 3 rings (SSSR count). The van der Waals surface area contributed by atoms with Gasteiger partial charge in [0.1, 0.15) is 5.75 Å². The largest absolute Gasteiger partial charge is 0.495 e. The van der Waals surface area contributed by atoms with Gasteiger partial charge in [0.15, 0.2) is 5.11 Å². The third kappa shape index (κ3) is 3.38. The molecule has 1 aliphatic heterocycles. The molecule has 7 heteroatoms. The number of amides is 1. The average Bonchev–Trinajstić information content (AvgIpc) is 3.14. The van der Waals surface area contributed by atoms with E-state index in [2.05, 4.69) is 10.6 Å². The number of hydrogen-bond donors (Lipinski definition) is 2. The lowest BCUT2D eigenvalue weighted by molar-refractivity contribution is -0.113. The fraction of sp³-hybridized carbons (Fsp3) is 0.222. The zero-order chi connectivity index (χ0) is 18.0. The Balaban J connectivity index is 1.98. The van der Waals surface area contributed by atoms with Gasteiger partial charge in [0, 0.05) is 17.6 Å². The topological polar surface area (TPSA) is 53.6 Å². The Morgan fingerprint density at radius 1 is 1.32 bits per heavy atom. The molecule has 0 aliphatic carbocycles. The van der Waals surface area contributed by atoms with Crippen LogP contribution in [0, 0.1) is 0 Å². The third-order valence-corrected chi connectivity index (χ3v) is 5.51. The molecule has 0 saturated carbocycles. The van der Waals surface area contributed by atoms with E-state index in [9.17, 15) is 4.79 Å². The molecule has 1 aromatic heterocycles. The van der Waals surface area contributed by atoms with Crippen LogP contribution in [0.1, 0.15) is 17.8 Å². The maximum Gasteiger partial charge on any atom is 0.255 e. The van der Waals surface area contributed by atoms with Crippen molar-refractivity contribution in [3.63, 3.8) is 0 Å². The quantitative estimate of drug-likeness (QED) is 0.803. The summed E-state index contributed by atoms with van der Waals surface area (Å²) in [6, 6.07) is 11.1. The van der Waals surface area contributed by atoms with Crippen molar-refractivity contribution in [2.75, 3.05) is 19.5 Å². The van der Waals surface area contributed by atoms with Gasteiger partial charge in [0.05, 0.1) is 24.4 Å². The smallest absolute Gasteiger partial charge is 0.255 e. The van der Waals surface area contributed by atoms with E-state index in [1.54, 1.807) is 18.4 Å². The van der Waals surface area contributed by atoms with Gasteiger partial charge in [-0.3, -0.25) is 4.79 Å². The predicted molar refractivity (Wildman–Crippen MR) is 105 cm³/mol. The van der Waals surface area contributed by atoms with E-state index in [0.717, 1.165) is 10.6 Å². The van der Waals surface area contributed by atoms with Crippen molar-refractivity contribution in [1.82, 2.24) is 10.2 Å². The maximum atomic E-state index is 13.1. The minimum atomic E-state index is -0.265. The van der Waals surface area contributed by atoms with Crippen molar-refractivity contribution in [2.45, 2.75) is 13.0 Å². The first-order chi connectivity index (χ1) is 12.0. The van der Waals surface area contributed by atoms with Crippen molar-refractivity contribution in [3.05, 3.63) is 57.9 Å². The van der Waals surface area contributed by atoms with Gasteiger partial charge in [-0.15, -0.1) is 11.3 Å². The molecular weight excluding hydrogens is 354 g/mol. The van der Waals surface area contributed by atoms with Crippen LogP contribution in [-0.2, 0) is 4.79 Å². The number of thiophene rings is 1. The van der Waals surface area contributed by atoms with E-state index in [1.165, 1.54) is 0 Å². The number of nitrogens with one attached hydrogen (secondary N) is 2. The normalized spacial score (nSPS) is 17.3. The fourth-order valence-electron chi connectivity index (χ4n) is 2.74. The molecular formula is C18H19N3O2S2. The van der Waals surface area contributed by atoms with Crippen LogP contribution in [0.15, 0.2) is 53.0 Å². The summed E-state index contributed by atoms with van der Waals surface area (Å²) in [5.41, 5.74) is 2.11. The molecule has 1 aliphatic rings. The van der Waals surface area contributed by atoms with E-state index in [0.29, 0.717) is 22.1 Å². The molecule has 2 heterocycles. The number of methoxy groups -OCH3 is 1. The summed E-state index contributed by atoms with van der Waals surface area (Å²) in [7, 11) is 3.43. The summed E-state index contributed by atoms with van der Waals surface area (Å²) < 4.78 is 5.32. The number of para-hydroxylation sites is 2. The number of nitrogens with zero attached hydrogens (tertiary/aromatic N) is 1. The number of rotatable bonds is 4. The molecule has 0 radical (unpaired) electrons. The Bertz CT molecular complexity index is 831. The van der Waals surface area contributed by atoms with Gasteiger partial charge in [-0.25, -0.2) is 0 Å². The Hall–Kier alpha value is -2.38. The van der Waals surface area contributed by atoms with Crippen molar-refractivity contribution in [1.29, 1.82) is 0 Å². The van der Waals surface area contributed by atoms with E-state index < -0.39 is 0 Å². The van der Waals surface area contributed by atoms with Crippen molar-refractivity contribution < 1.29 is 9.53 Å². The average molecular weight is 374 g/mol. The van der Waals surface area contributed by atoms with Gasteiger partial charge in [0.25, 0.3) is 5.91 Å². The molecule has 0 bridgehead atoms. The van der Waals surface area contributed by atoms with Gasteiger partial charge in [0.2, 0.25) is 0 Å². The number of benzene rings is 1. The van der Waals surface area contributed by atoms with Gasteiger partial charge in [-0.05, 0) is 42.7 Å². The zero-order valence-electron chi connectivity index (χ0n) is 14.2. The van der Waals surface area contributed by atoms with Crippen LogP contribution in [-0.4, -0.2) is 30.1 Å². The zero-order valence-corrected chi connectivity index (χ0v) is 15.8. The SMILES string of the molecule is COc1ccccc1NC(=O)C1=C(C)N(C)C(=S)NC1c1cccs1. The molecule has 0 fully saturated rings. The number of allylic oxidation sites excluding steroid dienone is 1. The van der Waals surface area contributed by atoms with Gasteiger partial charge >= 0.3 is 0 Å². The first-order valence-electron chi connectivity index (χ1n) is 7.75. The summed E-state index contributed by atoms with van der Waals surface area (Å²) in [6.45, 7) is 1.91. The van der Waals surface area contributed by atoms with Crippen LogP contribution in [0.2, 0.25) is 0 Å². The lowest BCUT2D eigenvalue weighted by Gasteiger charge is -2.35. The monoisotopic (exact) mass is 373 g/mol. The second-order valence-electron chi connectivity index (χ2n) is 5.61. The molecule has 130 valence electrons. The number of anilines is 1. The van der Waals surface area contributed by atoms with Gasteiger partial charge in [-0.2, -0.15) is 0 Å². The van der Waals surface area contributed by atoms with Crippen LogP contribution in [0.4, 0.5) is 5.69 Å². The van der Waals surface area contributed by atoms with Gasteiger partial charge in [-0.1, -0.05) is 18.2 Å². The lowest BCUT2D eigenvalue weighted by atomic mass is 10.00. The van der Waals surface area contributed by atoms with Crippen molar-refractivity contribution >= 4 is 40.3 Å². The van der Waals surface area contributed by atoms with Crippen LogP contribution >= 0.6 is 23.6 Å². The molecule has 2 aromatic rings. The van der Waals surface area contributed by atoms with Crippen LogP contribution in [0.5, 0.6) is 5.75 Å². The number of hydrogen-bond acceptors (Lipinski definition) is 4. The summed E-state index contributed by atoms with van der Waals surface area (Å²) >= 11 is 6.99. The number of ether oxygens (including phenoxy) is 1. The second kappa shape index (κ2) is 7.25. The maximum absolute atomic E-state index is 13.1. The summed E-state index contributed by atoms with van der Waals surface area (Å²) in [6.07, 6.45) is 0. The van der Waals surface area contributed by atoms with Crippen LogP contribution in [0.3, 0.4) is 0 Å². The minimum absolute atomic E-state index is 0.178. The Kier molecular flexibility index (Phi) is 5.06. The molecule has 0 spiro atoms. The molecule has 2 N–H and O–H groups in total. The highest BCUT2D eigenvalue weighted by atomic mass is 32.1. The number of carbonyl (C=O) groups excluding carboxylic acids is 1. The first kappa shape index (κ1) is 17.4. The number of thiocarbonyl (C=S) groups is 1. The lowest BCUT2D eigenvalue weighted by Crippen LogP contribution is -2.46. The highest BCUT2D eigenvalue weighted by Gasteiger charge is 2.33. The van der Waals surface area contributed by atoms with E-state index in [1.807, 2.05) is 60.6 Å². The van der Waals surface area contributed by atoms with E-state index >= 15 is 0 Å². The molecule has 0 saturated heterocycles. The van der Waals surface area contributed by atoms with Crippen LogP contribution < -0.4 is 15.4 Å². The van der Waals surface area contributed by atoms with Crippen molar-refractivity contribution in [3.8, 4) is 5.75 Å². The Morgan fingerprint density at radius 3 is 2.76 bits per heavy atom. The molecule has 1 unspecified atom stereocenters. The highest BCUT2D eigenvalue weighted by Crippen LogP contribution is 2.34. The molecule has 25 heavy (non-hydrogen) atoms. The van der Waals surface area contributed by atoms with Gasteiger partial charge < -0.3 is 20.3 Å². The molecule has 5 nitrogen and oxygen atoms in total. The molecule has 1 aromatic carbocycles. The Morgan fingerprint density at radius 2 is 2.08 bits per heavy atom. The molecule has 1 amide bonds. The predicted octanol–water partition coefficient (Wildman–Crippen LogP) is 3.53. The summed E-state index contributed by atoms with van der Waals surface area (Å²) in [5.74, 6) is 0.441. The standard InChI is InChI=1S/C18H19N3O2S2/c1-11-15(17(22)19-12-7-4-5-8-13(12)23-3)16(14-9-6-10-25-14)20-18(24)21(11)2/h4-10,16H,1-3H3,(H,19,22)(H,20,24). The van der Waals surface area contributed by atoms with E-state index in [-0.39, 0.29) is 11.9 Å². The minimum Gasteiger partial charge on any atom is -0.495 e. The van der Waals surface area contributed by atoms with E-state index in [4.69, 9.17) is 17.0 Å².